The summed E-state index contributed by atoms with van der Waals surface area (Å²) in [5, 5.41) is 20.9. The fourth-order valence-electron chi connectivity index (χ4n) is 1.70. The average molecular weight is 247 g/mol. The van der Waals surface area contributed by atoms with E-state index < -0.39 is 6.29 Å². The number of β-amino-alcohol motifs (C(OH)–C–C–N with tert-alkyl or cyclic N) is 2. The molecule has 0 aromatic carbocycles. The zero-order valence-corrected chi connectivity index (χ0v) is 10.1. The van der Waals surface area contributed by atoms with Crippen molar-refractivity contribution < 1.29 is 10.2 Å². The van der Waals surface area contributed by atoms with E-state index in [2.05, 4.69) is 24.1 Å². The minimum Gasteiger partial charge on any atom is -0.367 e. The third kappa shape index (κ3) is 4.77. The highest BCUT2D eigenvalue weighted by Crippen LogP contribution is 2.12. The molecule has 1 aliphatic heterocycles. The number of halogens is 2. The second-order valence-corrected chi connectivity index (χ2v) is 3.62. The molecule has 1 rings (SSSR count). The lowest BCUT2D eigenvalue weighted by molar-refractivity contribution is -0.0664. The second kappa shape index (κ2) is 7.68. The van der Waals surface area contributed by atoms with Crippen LogP contribution in [0.2, 0.25) is 0 Å². The van der Waals surface area contributed by atoms with Crippen molar-refractivity contribution in [2.45, 2.75) is 26.3 Å². The molecule has 6 heteroatoms. The van der Waals surface area contributed by atoms with Crippen LogP contribution in [0.5, 0.6) is 0 Å². The van der Waals surface area contributed by atoms with E-state index in [-0.39, 0.29) is 24.8 Å². The first-order valence-corrected chi connectivity index (χ1v) is 4.45. The van der Waals surface area contributed by atoms with E-state index in [1.165, 1.54) is 0 Å². The molecule has 0 aromatic heterocycles. The van der Waals surface area contributed by atoms with Crippen molar-refractivity contribution in [3.05, 3.63) is 0 Å². The van der Waals surface area contributed by atoms with Crippen LogP contribution >= 0.6 is 24.8 Å². The van der Waals surface area contributed by atoms with E-state index >= 15 is 0 Å². The summed E-state index contributed by atoms with van der Waals surface area (Å²) in [7, 11) is 0. The third-order valence-corrected chi connectivity index (χ3v) is 2.18. The van der Waals surface area contributed by atoms with E-state index in [0.29, 0.717) is 18.6 Å². The van der Waals surface area contributed by atoms with Crippen LogP contribution in [0.1, 0.15) is 13.8 Å². The van der Waals surface area contributed by atoms with Crippen molar-refractivity contribution in [1.29, 1.82) is 0 Å². The van der Waals surface area contributed by atoms with Crippen molar-refractivity contribution in [2.75, 3.05) is 19.6 Å². The van der Waals surface area contributed by atoms with Crippen LogP contribution < -0.4 is 5.32 Å². The predicted molar refractivity (Wildman–Crippen MR) is 60.9 cm³/mol. The molecule has 0 radical (unpaired) electrons. The summed E-state index contributed by atoms with van der Waals surface area (Å²) in [5.74, 6) is 0.506. The molecule has 88 valence electrons. The van der Waals surface area contributed by atoms with Crippen molar-refractivity contribution in [1.82, 2.24) is 10.2 Å². The quantitative estimate of drug-likeness (QED) is 0.616. The highest BCUT2D eigenvalue weighted by molar-refractivity contribution is 5.85. The molecule has 4 nitrogen and oxygen atoms in total. The van der Waals surface area contributed by atoms with Gasteiger partial charge in [0, 0.05) is 13.1 Å². The van der Waals surface area contributed by atoms with Gasteiger partial charge in [0.15, 0.2) is 6.29 Å². The SMILES string of the molecule is CC(C)C1NCCN1CC(O)O.Cl.Cl. The lowest BCUT2D eigenvalue weighted by atomic mass is 10.1. The number of nitrogens with zero attached hydrogens (tertiary/aromatic N) is 1. The van der Waals surface area contributed by atoms with Gasteiger partial charge in [0.2, 0.25) is 0 Å². The maximum Gasteiger partial charge on any atom is 0.164 e. The Morgan fingerprint density at radius 3 is 2.36 bits per heavy atom. The Morgan fingerprint density at radius 2 is 1.93 bits per heavy atom. The molecule has 1 aliphatic rings. The van der Waals surface area contributed by atoms with E-state index in [9.17, 15) is 0 Å². The van der Waals surface area contributed by atoms with Crippen LogP contribution in [0.3, 0.4) is 0 Å². The van der Waals surface area contributed by atoms with Gasteiger partial charge in [-0.15, -0.1) is 24.8 Å². The number of rotatable bonds is 3. The van der Waals surface area contributed by atoms with Gasteiger partial charge in [-0.05, 0) is 5.92 Å². The van der Waals surface area contributed by atoms with Crippen molar-refractivity contribution in [3.63, 3.8) is 0 Å². The van der Waals surface area contributed by atoms with Gasteiger partial charge in [-0.2, -0.15) is 0 Å². The Labute approximate surface area is 97.5 Å². The zero-order chi connectivity index (χ0) is 9.14. The molecule has 0 spiro atoms. The number of hydrogen-bond donors (Lipinski definition) is 3. The van der Waals surface area contributed by atoms with Gasteiger partial charge in [0.1, 0.15) is 0 Å². The Bertz CT molecular complexity index is 147. The first kappa shape index (κ1) is 16.8. The summed E-state index contributed by atoms with van der Waals surface area (Å²) >= 11 is 0. The topological polar surface area (TPSA) is 55.7 Å². The van der Waals surface area contributed by atoms with Gasteiger partial charge >= 0.3 is 0 Å². The third-order valence-electron chi connectivity index (χ3n) is 2.18. The molecule has 0 saturated carbocycles. The predicted octanol–water partition coefficient (Wildman–Crippen LogP) is 0.0280. The Kier molecular flexibility index (Phi) is 9.23. The molecular formula is C8H20Cl2N2O2. The molecule has 14 heavy (non-hydrogen) atoms. The summed E-state index contributed by atoms with van der Waals surface area (Å²) in [4.78, 5) is 2.06. The maximum atomic E-state index is 8.80. The molecule has 0 aromatic rings. The smallest absolute Gasteiger partial charge is 0.164 e. The Morgan fingerprint density at radius 1 is 1.36 bits per heavy atom. The summed E-state index contributed by atoms with van der Waals surface area (Å²) in [6.07, 6.45) is -0.919. The fraction of sp³-hybridized carbons (Fsp3) is 1.00. The number of nitrogens with one attached hydrogen (secondary N) is 1. The largest absolute Gasteiger partial charge is 0.367 e. The summed E-state index contributed by atoms with van der Waals surface area (Å²) in [5.41, 5.74) is 0. The molecule has 1 heterocycles. The van der Waals surface area contributed by atoms with Crippen molar-refractivity contribution >= 4 is 24.8 Å². The van der Waals surface area contributed by atoms with Gasteiger partial charge in [0.05, 0.1) is 12.7 Å². The van der Waals surface area contributed by atoms with Gasteiger partial charge in [-0.25, -0.2) is 0 Å². The van der Waals surface area contributed by atoms with E-state index in [4.69, 9.17) is 10.2 Å². The van der Waals surface area contributed by atoms with Gasteiger partial charge in [-0.3, -0.25) is 4.90 Å². The van der Waals surface area contributed by atoms with Gasteiger partial charge in [-0.1, -0.05) is 13.8 Å². The molecular weight excluding hydrogens is 227 g/mol. The first-order chi connectivity index (χ1) is 5.61. The van der Waals surface area contributed by atoms with Crippen LogP contribution in [0.25, 0.3) is 0 Å². The average Bonchev–Trinajstić information content (AvgIpc) is 2.33. The first-order valence-electron chi connectivity index (χ1n) is 4.45. The monoisotopic (exact) mass is 246 g/mol. The fourth-order valence-corrected chi connectivity index (χ4v) is 1.70. The van der Waals surface area contributed by atoms with Gasteiger partial charge in [0.25, 0.3) is 0 Å². The van der Waals surface area contributed by atoms with E-state index in [1.54, 1.807) is 0 Å². The molecule has 1 fully saturated rings. The Hall–Kier alpha value is 0.420. The molecule has 3 N–H and O–H groups in total. The minimum atomic E-state index is -1.22. The number of aliphatic hydroxyl groups excluding tert-OH is 1. The molecule has 0 aliphatic carbocycles. The second-order valence-electron chi connectivity index (χ2n) is 3.62. The van der Waals surface area contributed by atoms with Gasteiger partial charge < -0.3 is 15.5 Å². The molecule has 1 saturated heterocycles. The summed E-state index contributed by atoms with van der Waals surface area (Å²) < 4.78 is 0. The molecule has 1 unspecified atom stereocenters. The van der Waals surface area contributed by atoms with E-state index in [1.807, 2.05) is 0 Å². The highest BCUT2D eigenvalue weighted by atomic mass is 35.5. The molecule has 0 bridgehead atoms. The van der Waals surface area contributed by atoms with Crippen molar-refractivity contribution in [2.24, 2.45) is 5.92 Å². The van der Waals surface area contributed by atoms with Crippen LogP contribution in [0.15, 0.2) is 0 Å². The number of hydrogen-bond acceptors (Lipinski definition) is 4. The van der Waals surface area contributed by atoms with Crippen LogP contribution in [-0.4, -0.2) is 47.2 Å². The zero-order valence-electron chi connectivity index (χ0n) is 8.51. The normalized spacial score (nSPS) is 22.3. The summed E-state index contributed by atoms with van der Waals surface area (Å²) in [6, 6.07) is 0. The molecule has 0 amide bonds. The maximum absolute atomic E-state index is 8.80. The molecule has 1 atom stereocenters. The standard InChI is InChI=1S/C8H18N2O2.2ClH/c1-6(2)8-9-3-4-10(8)5-7(11)12;;/h6-9,11-12H,3-5H2,1-2H3;2*1H. The Balaban J connectivity index is 0. The highest BCUT2D eigenvalue weighted by Gasteiger charge is 2.27. The van der Waals surface area contributed by atoms with Crippen LogP contribution in [0.4, 0.5) is 0 Å². The van der Waals surface area contributed by atoms with E-state index in [0.717, 1.165) is 13.1 Å². The minimum absolute atomic E-state index is 0. The van der Waals surface area contributed by atoms with Crippen LogP contribution in [0, 0.1) is 5.92 Å². The number of aliphatic hydroxyl groups is 2. The lowest BCUT2D eigenvalue weighted by Crippen LogP contribution is -2.43. The van der Waals surface area contributed by atoms with Crippen LogP contribution in [-0.2, 0) is 0 Å². The lowest BCUT2D eigenvalue weighted by Gasteiger charge is -2.27. The summed E-state index contributed by atoms with van der Waals surface area (Å²) in [6.45, 7) is 6.44. The van der Waals surface area contributed by atoms with Crippen molar-refractivity contribution in [3.8, 4) is 0 Å².